The van der Waals surface area contributed by atoms with E-state index in [0.29, 0.717) is 27.7 Å². The molecule has 0 aliphatic heterocycles. The Morgan fingerprint density at radius 1 is 1.34 bits per heavy atom. The van der Waals surface area contributed by atoms with Gasteiger partial charge in [-0.15, -0.1) is 0 Å². The first-order valence-corrected chi connectivity index (χ1v) is 10.1. The van der Waals surface area contributed by atoms with Crippen molar-refractivity contribution in [1.29, 1.82) is 0 Å². The number of aromatic nitrogens is 4. The first-order valence-electron chi connectivity index (χ1n) is 10.1. The molecule has 0 amide bonds. The van der Waals surface area contributed by atoms with Crippen molar-refractivity contribution in [2.24, 2.45) is 11.7 Å². The van der Waals surface area contributed by atoms with Crippen LogP contribution in [-0.2, 0) is 4.79 Å². The Morgan fingerprint density at radius 3 is 2.88 bits per heavy atom. The number of rotatable bonds is 8. The molecular weight excluding hydrogens is 417 g/mol. The maximum absolute atomic E-state index is 15.0. The zero-order valence-electron chi connectivity index (χ0n) is 17.9. The number of carboxylic acids is 1. The van der Waals surface area contributed by atoms with E-state index in [9.17, 15) is 9.18 Å². The number of aryl methyl sites for hydroxylation is 2. The molecular formula is C22H24FN5O4. The molecule has 4 rings (SSSR count). The minimum atomic E-state index is -1.04. The molecule has 0 aliphatic carbocycles. The molecule has 1 aromatic carbocycles. The first-order chi connectivity index (χ1) is 15.2. The predicted molar refractivity (Wildman–Crippen MR) is 116 cm³/mol. The Morgan fingerprint density at radius 2 is 2.12 bits per heavy atom. The molecule has 32 heavy (non-hydrogen) atoms. The van der Waals surface area contributed by atoms with E-state index < -0.39 is 17.8 Å². The van der Waals surface area contributed by atoms with Gasteiger partial charge in [-0.2, -0.15) is 10.1 Å². The second-order valence-electron chi connectivity index (χ2n) is 7.97. The molecule has 0 aliphatic rings. The van der Waals surface area contributed by atoms with Gasteiger partial charge in [-0.05, 0) is 44.4 Å². The van der Waals surface area contributed by atoms with E-state index in [4.69, 9.17) is 20.3 Å². The third kappa shape index (κ3) is 4.09. The number of nitrogens with one attached hydrogen (secondary N) is 1. The van der Waals surface area contributed by atoms with Crippen molar-refractivity contribution < 1.29 is 23.8 Å². The third-order valence-corrected chi connectivity index (χ3v) is 5.29. The minimum absolute atomic E-state index is 0.0523. The van der Waals surface area contributed by atoms with Crippen LogP contribution in [0.15, 0.2) is 30.7 Å². The molecule has 0 fully saturated rings. The Balaban J connectivity index is 1.58. The van der Waals surface area contributed by atoms with Crippen molar-refractivity contribution in [1.82, 2.24) is 19.6 Å². The Kier molecular flexibility index (Phi) is 5.70. The minimum Gasteiger partial charge on any atom is -0.491 e. The summed E-state index contributed by atoms with van der Waals surface area (Å²) in [7, 11) is 0. The monoisotopic (exact) mass is 441 g/mol. The molecule has 0 spiro atoms. The van der Waals surface area contributed by atoms with Crippen LogP contribution < -0.4 is 15.2 Å². The van der Waals surface area contributed by atoms with Crippen LogP contribution in [0.25, 0.3) is 16.4 Å². The zero-order chi connectivity index (χ0) is 23.0. The van der Waals surface area contributed by atoms with E-state index in [2.05, 4.69) is 15.1 Å². The fraction of sp³-hybridized carbons (Fsp3) is 0.318. The van der Waals surface area contributed by atoms with Crippen LogP contribution in [-0.4, -0.2) is 43.3 Å². The molecule has 1 unspecified atom stereocenters. The average molecular weight is 441 g/mol. The summed E-state index contributed by atoms with van der Waals surface area (Å²) in [6, 6.07) is 4.08. The van der Waals surface area contributed by atoms with Crippen molar-refractivity contribution in [3.05, 3.63) is 47.8 Å². The lowest BCUT2D eigenvalue weighted by Crippen LogP contribution is -2.33. The first kappa shape index (κ1) is 21.6. The van der Waals surface area contributed by atoms with Gasteiger partial charge in [0.2, 0.25) is 5.88 Å². The number of ether oxygens (including phenoxy) is 2. The molecule has 10 heteroatoms. The lowest BCUT2D eigenvalue weighted by molar-refractivity contribution is -0.139. The second-order valence-corrected chi connectivity index (χ2v) is 7.97. The van der Waals surface area contributed by atoms with Crippen molar-refractivity contribution in [2.45, 2.75) is 33.2 Å². The highest BCUT2D eigenvalue weighted by atomic mass is 19.1. The fourth-order valence-corrected chi connectivity index (χ4v) is 3.63. The number of carboxylic acid groups (broad SMARTS) is 1. The molecule has 4 N–H and O–H groups in total. The number of halogens is 1. The highest BCUT2D eigenvalue weighted by Gasteiger charge is 2.20. The predicted octanol–water partition coefficient (Wildman–Crippen LogP) is 3.58. The molecule has 0 saturated heterocycles. The summed E-state index contributed by atoms with van der Waals surface area (Å²) in [5.41, 5.74) is 8.39. The number of benzene rings is 1. The molecule has 2 atom stereocenters. The van der Waals surface area contributed by atoms with Crippen LogP contribution in [0, 0.1) is 25.6 Å². The molecule has 168 valence electrons. The number of aromatic amines is 1. The molecule has 3 aromatic heterocycles. The van der Waals surface area contributed by atoms with Gasteiger partial charge < -0.3 is 25.3 Å². The van der Waals surface area contributed by atoms with Gasteiger partial charge in [0.25, 0.3) is 0 Å². The van der Waals surface area contributed by atoms with E-state index in [1.165, 1.54) is 6.33 Å². The van der Waals surface area contributed by atoms with Gasteiger partial charge in [0.05, 0.1) is 12.8 Å². The Bertz CT molecular complexity index is 1300. The summed E-state index contributed by atoms with van der Waals surface area (Å²) >= 11 is 0. The van der Waals surface area contributed by atoms with E-state index in [1.54, 1.807) is 28.9 Å². The number of fused-ring (bicyclic) bond motifs is 2. The topological polar surface area (TPSA) is 128 Å². The lowest BCUT2D eigenvalue weighted by Gasteiger charge is -2.15. The molecule has 9 nitrogen and oxygen atoms in total. The lowest BCUT2D eigenvalue weighted by atomic mass is 10.0. The quantitative estimate of drug-likeness (QED) is 0.381. The Hall–Kier alpha value is -3.66. The van der Waals surface area contributed by atoms with Crippen LogP contribution in [0.1, 0.15) is 24.6 Å². The largest absolute Gasteiger partial charge is 0.491 e. The highest BCUT2D eigenvalue weighted by Crippen LogP contribution is 2.34. The highest BCUT2D eigenvalue weighted by molar-refractivity contribution is 5.83. The van der Waals surface area contributed by atoms with Gasteiger partial charge in [-0.3, -0.25) is 4.79 Å². The summed E-state index contributed by atoms with van der Waals surface area (Å²) in [6.07, 6.45) is 3.28. The van der Waals surface area contributed by atoms with E-state index in [0.717, 1.165) is 5.69 Å². The standard InChI is InChI=1S/C22H24FN5O4/c1-11(6-15(24)22(29)30)9-31-18-8-28-20(13(18)3)21(25-10-26-28)32-17-5-4-16-14(19(17)23)7-12(2)27-16/h4-5,7-8,10-11,15,27H,6,9,24H2,1-3H3,(H,29,30)/t11?,15-/m0/s1. The summed E-state index contributed by atoms with van der Waals surface area (Å²) in [5.74, 6) is -0.803. The second kappa shape index (κ2) is 8.46. The van der Waals surface area contributed by atoms with Crippen LogP contribution >= 0.6 is 0 Å². The normalized spacial score (nSPS) is 13.4. The fourth-order valence-electron chi connectivity index (χ4n) is 3.63. The zero-order valence-corrected chi connectivity index (χ0v) is 17.9. The molecule has 3 heterocycles. The number of aliphatic carboxylic acids is 1. The number of nitrogens with zero attached hydrogens (tertiary/aromatic N) is 3. The summed E-state index contributed by atoms with van der Waals surface area (Å²) in [6.45, 7) is 5.82. The van der Waals surface area contributed by atoms with Crippen molar-refractivity contribution in [3.63, 3.8) is 0 Å². The average Bonchev–Trinajstić information content (AvgIpc) is 3.29. The summed E-state index contributed by atoms with van der Waals surface area (Å²) in [5, 5.41) is 13.6. The van der Waals surface area contributed by atoms with Crippen molar-refractivity contribution in [2.75, 3.05) is 6.61 Å². The number of H-pyrrole nitrogens is 1. The van der Waals surface area contributed by atoms with Crippen LogP contribution in [0.2, 0.25) is 0 Å². The molecule has 0 bridgehead atoms. The number of hydrogen-bond donors (Lipinski definition) is 3. The van der Waals surface area contributed by atoms with Crippen LogP contribution in [0.4, 0.5) is 4.39 Å². The van der Waals surface area contributed by atoms with Gasteiger partial charge in [0.15, 0.2) is 11.6 Å². The van der Waals surface area contributed by atoms with E-state index in [1.807, 2.05) is 20.8 Å². The maximum Gasteiger partial charge on any atom is 0.320 e. The maximum atomic E-state index is 15.0. The molecule has 0 saturated carbocycles. The SMILES string of the molecule is Cc1cc2c(F)c(Oc3ncnn4cc(OCC(C)C[C@H](N)C(=O)O)c(C)c34)ccc2[nH]1. The third-order valence-electron chi connectivity index (χ3n) is 5.29. The number of nitrogens with two attached hydrogens (primary N) is 1. The molecule has 0 radical (unpaired) electrons. The van der Waals surface area contributed by atoms with E-state index >= 15 is 0 Å². The van der Waals surface area contributed by atoms with Gasteiger partial charge >= 0.3 is 5.97 Å². The van der Waals surface area contributed by atoms with Gasteiger partial charge in [-0.25, -0.2) is 8.91 Å². The van der Waals surface area contributed by atoms with Gasteiger partial charge in [-0.1, -0.05) is 6.92 Å². The summed E-state index contributed by atoms with van der Waals surface area (Å²) in [4.78, 5) is 18.2. The number of hydrogen-bond acceptors (Lipinski definition) is 6. The smallest absolute Gasteiger partial charge is 0.320 e. The van der Waals surface area contributed by atoms with Gasteiger partial charge in [0, 0.05) is 22.2 Å². The van der Waals surface area contributed by atoms with Crippen molar-refractivity contribution >= 4 is 22.4 Å². The van der Waals surface area contributed by atoms with Crippen LogP contribution in [0.5, 0.6) is 17.4 Å². The van der Waals surface area contributed by atoms with Crippen molar-refractivity contribution in [3.8, 4) is 17.4 Å². The van der Waals surface area contributed by atoms with E-state index in [-0.39, 0.29) is 30.6 Å². The molecule has 4 aromatic rings. The Labute approximate surface area is 183 Å². The van der Waals surface area contributed by atoms with Gasteiger partial charge in [0.1, 0.15) is 23.6 Å². The van der Waals surface area contributed by atoms with Crippen LogP contribution in [0.3, 0.4) is 0 Å². The summed E-state index contributed by atoms with van der Waals surface area (Å²) < 4.78 is 28.2. The number of carbonyl (C=O) groups is 1.